The Kier molecular flexibility index (Phi) is 10.1. The van der Waals surface area contributed by atoms with E-state index in [2.05, 4.69) is 49.2 Å². The van der Waals surface area contributed by atoms with E-state index in [9.17, 15) is 9.18 Å². The number of nitrogens with one attached hydrogen (secondary N) is 1. The molecule has 1 N–H and O–H groups in total. The molecule has 0 radical (unpaired) electrons. The summed E-state index contributed by atoms with van der Waals surface area (Å²) in [5, 5.41) is 3.20. The maximum absolute atomic E-state index is 14.5. The number of hydrogen-bond donors (Lipinski definition) is 1. The van der Waals surface area contributed by atoms with Gasteiger partial charge in [-0.3, -0.25) is 19.5 Å². The monoisotopic (exact) mass is 577 g/mol. The third-order valence-electron chi connectivity index (χ3n) is 10.1. The van der Waals surface area contributed by atoms with Crippen LogP contribution in [0.3, 0.4) is 0 Å². The van der Waals surface area contributed by atoms with Crippen molar-refractivity contribution in [2.45, 2.75) is 50.6 Å². The van der Waals surface area contributed by atoms with Gasteiger partial charge in [0, 0.05) is 70.9 Å². The lowest BCUT2D eigenvalue weighted by molar-refractivity contribution is -0.121. The minimum atomic E-state index is -0.134. The molecular formula is C34H48FN5O2. The molecular weight excluding hydrogens is 529 g/mol. The topological polar surface area (TPSA) is 51.3 Å². The van der Waals surface area contributed by atoms with Crippen LogP contribution in [0.2, 0.25) is 0 Å². The Balaban J connectivity index is 1.03. The van der Waals surface area contributed by atoms with Gasteiger partial charge in [0.15, 0.2) is 0 Å². The fraction of sp³-hybridized carbons (Fsp3) is 0.618. The molecule has 1 amide bonds. The highest BCUT2D eigenvalue weighted by atomic mass is 19.1. The smallest absolute Gasteiger partial charge is 0.220 e. The lowest BCUT2D eigenvalue weighted by atomic mass is 9.85. The normalized spacial score (nSPS) is 24.5. The molecule has 2 aromatic rings. The van der Waals surface area contributed by atoms with E-state index in [4.69, 9.17) is 4.74 Å². The van der Waals surface area contributed by atoms with Crippen molar-refractivity contribution in [2.24, 2.45) is 5.92 Å². The molecule has 3 saturated heterocycles. The molecule has 0 aromatic heterocycles. The van der Waals surface area contributed by atoms with Crippen LogP contribution < -0.4 is 10.2 Å². The summed E-state index contributed by atoms with van der Waals surface area (Å²) >= 11 is 0. The Morgan fingerprint density at radius 3 is 2.33 bits per heavy atom. The molecule has 1 aliphatic carbocycles. The number of piperidine rings is 1. The number of para-hydroxylation sites is 1. The number of morpholine rings is 1. The van der Waals surface area contributed by atoms with E-state index in [1.165, 1.54) is 11.1 Å². The second-order valence-corrected chi connectivity index (χ2v) is 12.6. The molecule has 0 unspecified atom stereocenters. The maximum atomic E-state index is 14.5. The first kappa shape index (κ1) is 29.5. The number of piperazine rings is 1. The van der Waals surface area contributed by atoms with Crippen molar-refractivity contribution in [1.82, 2.24) is 20.0 Å². The Hall–Kier alpha value is -2.52. The van der Waals surface area contributed by atoms with Gasteiger partial charge in [-0.2, -0.15) is 0 Å². The van der Waals surface area contributed by atoms with Gasteiger partial charge < -0.3 is 15.0 Å². The van der Waals surface area contributed by atoms with Crippen LogP contribution in [0.1, 0.15) is 36.8 Å². The third-order valence-corrected chi connectivity index (χ3v) is 10.1. The lowest BCUT2D eigenvalue weighted by Gasteiger charge is -2.48. The van der Waals surface area contributed by atoms with Gasteiger partial charge in [-0.15, -0.1) is 0 Å². The molecule has 0 spiro atoms. The van der Waals surface area contributed by atoms with E-state index in [0.29, 0.717) is 24.4 Å². The number of hydrogen-bond acceptors (Lipinski definition) is 6. The van der Waals surface area contributed by atoms with Crippen LogP contribution in [0.15, 0.2) is 48.5 Å². The summed E-state index contributed by atoms with van der Waals surface area (Å²) in [4.78, 5) is 22.9. The molecule has 8 heteroatoms. The quantitative estimate of drug-likeness (QED) is 0.437. The minimum Gasteiger partial charge on any atom is -0.379 e. The first-order chi connectivity index (χ1) is 20.6. The molecule has 4 aliphatic rings. The van der Waals surface area contributed by atoms with Crippen molar-refractivity contribution in [1.29, 1.82) is 0 Å². The molecule has 0 bridgehead atoms. The van der Waals surface area contributed by atoms with Crippen molar-refractivity contribution < 1.29 is 13.9 Å². The van der Waals surface area contributed by atoms with Gasteiger partial charge in [0.1, 0.15) is 5.82 Å². The number of amides is 1. The number of fused-ring (bicyclic) bond motifs is 1. The number of benzene rings is 2. The minimum absolute atomic E-state index is 0.134. The summed E-state index contributed by atoms with van der Waals surface area (Å²) in [5.41, 5.74) is 3.72. The summed E-state index contributed by atoms with van der Waals surface area (Å²) in [6, 6.07) is 17.1. The van der Waals surface area contributed by atoms with Gasteiger partial charge in [-0.1, -0.05) is 36.4 Å². The second-order valence-electron chi connectivity index (χ2n) is 12.6. The molecule has 3 heterocycles. The van der Waals surface area contributed by atoms with Gasteiger partial charge in [0.2, 0.25) is 5.91 Å². The number of nitrogens with zero attached hydrogens (tertiary/aromatic N) is 4. The highest BCUT2D eigenvalue weighted by Gasteiger charge is 2.38. The van der Waals surface area contributed by atoms with Gasteiger partial charge in [-0.25, -0.2) is 4.39 Å². The molecule has 228 valence electrons. The predicted octanol–water partition coefficient (Wildman–Crippen LogP) is 3.42. The molecule has 42 heavy (non-hydrogen) atoms. The number of halogens is 1. The highest BCUT2D eigenvalue weighted by molar-refractivity contribution is 5.75. The van der Waals surface area contributed by atoms with Crippen LogP contribution in [-0.2, 0) is 22.4 Å². The summed E-state index contributed by atoms with van der Waals surface area (Å²) in [6.07, 6.45) is 5.91. The fourth-order valence-electron chi connectivity index (χ4n) is 7.70. The number of ether oxygens (including phenoxy) is 1. The van der Waals surface area contributed by atoms with Gasteiger partial charge in [0.05, 0.1) is 18.9 Å². The number of carbonyl (C=O) groups excluding carboxylic acids is 1. The number of carbonyl (C=O) groups is 1. The van der Waals surface area contributed by atoms with E-state index in [0.717, 1.165) is 116 Å². The average molecular weight is 578 g/mol. The van der Waals surface area contributed by atoms with Crippen molar-refractivity contribution in [3.8, 4) is 0 Å². The molecule has 6 rings (SSSR count). The van der Waals surface area contributed by atoms with E-state index in [-0.39, 0.29) is 11.7 Å². The molecule has 7 nitrogen and oxygen atoms in total. The van der Waals surface area contributed by atoms with E-state index in [1.54, 1.807) is 12.1 Å². The van der Waals surface area contributed by atoms with Crippen LogP contribution in [-0.4, -0.2) is 111 Å². The van der Waals surface area contributed by atoms with Crippen molar-refractivity contribution >= 4 is 11.6 Å². The lowest BCUT2D eigenvalue weighted by Crippen LogP contribution is -2.58. The number of anilines is 1. The van der Waals surface area contributed by atoms with E-state index in [1.807, 2.05) is 12.1 Å². The molecule has 2 atom stereocenters. The van der Waals surface area contributed by atoms with Gasteiger partial charge in [0.25, 0.3) is 0 Å². The van der Waals surface area contributed by atoms with Crippen LogP contribution in [0.5, 0.6) is 0 Å². The first-order valence-electron chi connectivity index (χ1n) is 16.3. The van der Waals surface area contributed by atoms with Crippen molar-refractivity contribution in [3.63, 3.8) is 0 Å². The van der Waals surface area contributed by atoms with E-state index >= 15 is 0 Å². The van der Waals surface area contributed by atoms with Gasteiger partial charge >= 0.3 is 0 Å². The van der Waals surface area contributed by atoms with Crippen molar-refractivity contribution in [2.75, 3.05) is 83.6 Å². The maximum Gasteiger partial charge on any atom is 0.220 e. The third kappa shape index (κ3) is 7.33. The second kappa shape index (κ2) is 14.3. The summed E-state index contributed by atoms with van der Waals surface area (Å²) < 4.78 is 19.9. The zero-order chi connectivity index (χ0) is 28.7. The Morgan fingerprint density at radius 2 is 1.60 bits per heavy atom. The average Bonchev–Trinajstić information content (AvgIpc) is 3.48. The molecule has 3 aliphatic heterocycles. The Bertz CT molecular complexity index is 1140. The highest BCUT2D eigenvalue weighted by Crippen LogP contribution is 2.33. The molecule has 3 fully saturated rings. The summed E-state index contributed by atoms with van der Waals surface area (Å²) in [7, 11) is 0. The zero-order valence-electron chi connectivity index (χ0n) is 25.1. The van der Waals surface area contributed by atoms with Crippen LogP contribution in [0, 0.1) is 11.7 Å². The predicted molar refractivity (Wildman–Crippen MR) is 165 cm³/mol. The molecule has 2 aromatic carbocycles. The largest absolute Gasteiger partial charge is 0.379 e. The van der Waals surface area contributed by atoms with Gasteiger partial charge in [-0.05, 0) is 74.4 Å². The van der Waals surface area contributed by atoms with Crippen LogP contribution >= 0.6 is 0 Å². The number of rotatable bonds is 10. The number of likely N-dealkylation sites (tertiary alicyclic amines) is 1. The van der Waals surface area contributed by atoms with Crippen molar-refractivity contribution in [3.05, 3.63) is 65.5 Å². The zero-order valence-corrected chi connectivity index (χ0v) is 25.1. The Labute approximate surface area is 251 Å². The first-order valence-corrected chi connectivity index (χ1v) is 16.3. The van der Waals surface area contributed by atoms with Crippen LogP contribution in [0.25, 0.3) is 0 Å². The SMILES string of the molecule is O=C(CC[C@H]1CN(C2Cc3ccccc3C2)CC[C@H]1N1CCN(c2ccccc2F)CC1)NCCCN1CCOCC1. The van der Waals surface area contributed by atoms with E-state index < -0.39 is 0 Å². The Morgan fingerprint density at radius 1 is 0.881 bits per heavy atom. The van der Waals surface area contributed by atoms with Crippen LogP contribution in [0.4, 0.5) is 10.1 Å². The fourth-order valence-corrected chi connectivity index (χ4v) is 7.70. The summed E-state index contributed by atoms with van der Waals surface area (Å²) in [6.45, 7) is 11.1. The summed E-state index contributed by atoms with van der Waals surface area (Å²) in [5.74, 6) is 0.512. The standard InChI is InChI=1S/C34H48FN5O2/c35-31-8-3-4-9-33(31)39-18-16-38(17-19-39)32-12-15-40(30-24-27-6-1-2-7-28(27)25-30)26-29(32)10-11-34(41)36-13-5-14-37-20-22-42-23-21-37/h1-4,6-9,29-30,32H,5,10-26H2,(H,36,41)/t29-,32+/m0/s1. The molecule has 0 saturated carbocycles.